The lowest BCUT2D eigenvalue weighted by Crippen LogP contribution is -2.49. The van der Waals surface area contributed by atoms with Gasteiger partial charge in [-0.2, -0.15) is 0 Å². The molecule has 2 heteroatoms. The molecular weight excluding hydrogens is 196 g/mol. The van der Waals surface area contributed by atoms with Gasteiger partial charge in [0, 0.05) is 12.6 Å². The normalized spacial score (nSPS) is 47.2. The minimum absolute atomic E-state index is 0.303. The van der Waals surface area contributed by atoms with Crippen molar-refractivity contribution in [2.24, 2.45) is 35.3 Å². The van der Waals surface area contributed by atoms with Gasteiger partial charge in [0.05, 0.1) is 0 Å². The Morgan fingerprint density at radius 2 is 1.62 bits per heavy atom. The summed E-state index contributed by atoms with van der Waals surface area (Å²) in [6.07, 6.45) is 7.72. The molecule has 0 aromatic heterocycles. The number of rotatable bonds is 4. The standard InChI is InChI=1S/C14H26N2/c1-9(15)7-16-8-14-12-3-10-2-11(5-12)6-13(14)4-10/h9-14,16H,2-8,15H2,1H3. The van der Waals surface area contributed by atoms with Crippen molar-refractivity contribution in [3.63, 3.8) is 0 Å². The Labute approximate surface area is 99.4 Å². The summed E-state index contributed by atoms with van der Waals surface area (Å²) in [6, 6.07) is 0.303. The summed E-state index contributed by atoms with van der Waals surface area (Å²) < 4.78 is 0. The Balaban J connectivity index is 1.55. The molecule has 3 N–H and O–H groups in total. The number of hydrogen-bond donors (Lipinski definition) is 2. The largest absolute Gasteiger partial charge is 0.327 e. The smallest absolute Gasteiger partial charge is 0.0136 e. The zero-order valence-corrected chi connectivity index (χ0v) is 10.5. The monoisotopic (exact) mass is 222 g/mol. The van der Waals surface area contributed by atoms with Crippen LogP contribution in [0.5, 0.6) is 0 Å². The van der Waals surface area contributed by atoms with Crippen molar-refractivity contribution in [2.75, 3.05) is 13.1 Å². The molecule has 4 bridgehead atoms. The predicted molar refractivity (Wildman–Crippen MR) is 67.1 cm³/mol. The first-order chi connectivity index (χ1) is 7.72. The lowest BCUT2D eigenvalue weighted by Gasteiger charge is -2.54. The average Bonchev–Trinajstić information content (AvgIpc) is 2.20. The van der Waals surface area contributed by atoms with Crippen LogP contribution in [0.4, 0.5) is 0 Å². The average molecular weight is 222 g/mol. The molecule has 92 valence electrons. The molecule has 1 atom stereocenters. The first-order valence-corrected chi connectivity index (χ1v) is 7.18. The van der Waals surface area contributed by atoms with Crippen LogP contribution < -0.4 is 11.1 Å². The minimum atomic E-state index is 0.303. The van der Waals surface area contributed by atoms with Gasteiger partial charge in [-0.05, 0) is 75.2 Å². The van der Waals surface area contributed by atoms with Gasteiger partial charge < -0.3 is 11.1 Å². The van der Waals surface area contributed by atoms with Crippen molar-refractivity contribution >= 4 is 0 Å². The number of nitrogens with two attached hydrogens (primary N) is 1. The van der Waals surface area contributed by atoms with Crippen molar-refractivity contribution < 1.29 is 0 Å². The van der Waals surface area contributed by atoms with E-state index >= 15 is 0 Å². The molecule has 4 fully saturated rings. The van der Waals surface area contributed by atoms with Crippen LogP contribution in [-0.2, 0) is 0 Å². The molecule has 1 unspecified atom stereocenters. The number of nitrogens with one attached hydrogen (secondary N) is 1. The van der Waals surface area contributed by atoms with E-state index in [0.717, 1.165) is 36.1 Å². The molecule has 0 aromatic rings. The third kappa shape index (κ3) is 2.02. The van der Waals surface area contributed by atoms with Gasteiger partial charge in [-0.15, -0.1) is 0 Å². The van der Waals surface area contributed by atoms with Crippen LogP contribution in [-0.4, -0.2) is 19.1 Å². The zero-order chi connectivity index (χ0) is 11.1. The van der Waals surface area contributed by atoms with Crippen LogP contribution in [0.15, 0.2) is 0 Å². The summed E-state index contributed by atoms with van der Waals surface area (Å²) in [7, 11) is 0. The molecule has 0 spiro atoms. The van der Waals surface area contributed by atoms with Gasteiger partial charge in [0.1, 0.15) is 0 Å². The molecule has 4 aliphatic rings. The molecule has 0 heterocycles. The molecule has 0 aromatic carbocycles. The van der Waals surface area contributed by atoms with Gasteiger partial charge in [0.25, 0.3) is 0 Å². The summed E-state index contributed by atoms with van der Waals surface area (Å²) in [5.41, 5.74) is 5.79. The van der Waals surface area contributed by atoms with E-state index in [1.165, 1.54) is 32.2 Å². The van der Waals surface area contributed by atoms with E-state index in [1.807, 2.05) is 0 Å². The maximum absolute atomic E-state index is 5.79. The first-order valence-electron chi connectivity index (χ1n) is 7.18. The third-order valence-corrected chi connectivity index (χ3v) is 5.27. The van der Waals surface area contributed by atoms with Crippen LogP contribution in [0.1, 0.15) is 39.0 Å². The highest BCUT2D eigenvalue weighted by Gasteiger charge is 2.47. The van der Waals surface area contributed by atoms with Crippen LogP contribution in [0.25, 0.3) is 0 Å². The van der Waals surface area contributed by atoms with E-state index in [2.05, 4.69) is 12.2 Å². The second-order valence-corrected chi connectivity index (χ2v) is 6.73. The fraction of sp³-hybridized carbons (Fsp3) is 1.00. The van der Waals surface area contributed by atoms with Gasteiger partial charge in [-0.25, -0.2) is 0 Å². The van der Waals surface area contributed by atoms with Crippen molar-refractivity contribution in [2.45, 2.75) is 45.1 Å². The van der Waals surface area contributed by atoms with Crippen molar-refractivity contribution in [1.82, 2.24) is 5.32 Å². The van der Waals surface area contributed by atoms with Gasteiger partial charge in [0.2, 0.25) is 0 Å². The summed E-state index contributed by atoms with van der Waals surface area (Å²) >= 11 is 0. The summed E-state index contributed by atoms with van der Waals surface area (Å²) in [4.78, 5) is 0. The van der Waals surface area contributed by atoms with Crippen molar-refractivity contribution in [3.8, 4) is 0 Å². The van der Waals surface area contributed by atoms with E-state index in [-0.39, 0.29) is 0 Å². The Morgan fingerprint density at radius 3 is 2.12 bits per heavy atom. The molecule has 0 aliphatic heterocycles. The third-order valence-electron chi connectivity index (χ3n) is 5.27. The number of hydrogen-bond acceptors (Lipinski definition) is 2. The van der Waals surface area contributed by atoms with Crippen LogP contribution in [0.3, 0.4) is 0 Å². The molecule has 0 saturated heterocycles. The van der Waals surface area contributed by atoms with Gasteiger partial charge in [0.15, 0.2) is 0 Å². The van der Waals surface area contributed by atoms with Crippen molar-refractivity contribution in [3.05, 3.63) is 0 Å². The first kappa shape index (κ1) is 11.0. The van der Waals surface area contributed by atoms with E-state index < -0.39 is 0 Å². The SMILES string of the molecule is CC(N)CNCC1C2CC3CC(C2)CC1C3. The molecule has 0 radical (unpaired) electrons. The molecule has 4 aliphatic carbocycles. The van der Waals surface area contributed by atoms with Crippen LogP contribution in [0, 0.1) is 29.6 Å². The van der Waals surface area contributed by atoms with Crippen molar-refractivity contribution in [1.29, 1.82) is 0 Å². The summed E-state index contributed by atoms with van der Waals surface area (Å²) in [5.74, 6) is 5.29. The highest BCUT2D eigenvalue weighted by Crippen LogP contribution is 2.56. The fourth-order valence-corrected chi connectivity index (χ4v) is 4.85. The van der Waals surface area contributed by atoms with E-state index in [0.29, 0.717) is 6.04 Å². The summed E-state index contributed by atoms with van der Waals surface area (Å²) in [6.45, 7) is 4.31. The second-order valence-electron chi connectivity index (χ2n) is 6.73. The molecule has 4 saturated carbocycles. The molecule has 4 rings (SSSR count). The Bertz CT molecular complexity index is 221. The maximum atomic E-state index is 5.79. The lowest BCUT2D eigenvalue weighted by molar-refractivity contribution is -0.0354. The van der Waals surface area contributed by atoms with E-state index in [1.54, 1.807) is 6.42 Å². The van der Waals surface area contributed by atoms with Crippen LogP contribution in [0.2, 0.25) is 0 Å². The van der Waals surface area contributed by atoms with E-state index in [9.17, 15) is 0 Å². The van der Waals surface area contributed by atoms with Gasteiger partial charge in [-0.1, -0.05) is 0 Å². The quantitative estimate of drug-likeness (QED) is 0.763. The predicted octanol–water partition coefficient (Wildman–Crippen LogP) is 2.00. The Hall–Kier alpha value is -0.0800. The maximum Gasteiger partial charge on any atom is 0.0136 e. The topological polar surface area (TPSA) is 38.0 Å². The van der Waals surface area contributed by atoms with Gasteiger partial charge >= 0.3 is 0 Å². The van der Waals surface area contributed by atoms with Crippen LogP contribution >= 0.6 is 0 Å². The Kier molecular flexibility index (Phi) is 2.97. The second kappa shape index (κ2) is 4.30. The van der Waals surface area contributed by atoms with Gasteiger partial charge in [-0.3, -0.25) is 0 Å². The zero-order valence-electron chi connectivity index (χ0n) is 10.5. The Morgan fingerprint density at radius 1 is 1.06 bits per heavy atom. The summed E-state index contributed by atoms with van der Waals surface area (Å²) in [5, 5.41) is 3.59. The molecular formula is C14H26N2. The highest BCUT2D eigenvalue weighted by molar-refractivity contribution is 4.98. The highest BCUT2D eigenvalue weighted by atomic mass is 14.9. The molecule has 16 heavy (non-hydrogen) atoms. The fourth-order valence-electron chi connectivity index (χ4n) is 4.85. The lowest BCUT2D eigenvalue weighted by atomic mass is 9.52. The molecule has 0 amide bonds. The minimum Gasteiger partial charge on any atom is -0.327 e. The van der Waals surface area contributed by atoms with E-state index in [4.69, 9.17) is 5.73 Å². The molecule has 2 nitrogen and oxygen atoms in total.